The highest BCUT2D eigenvalue weighted by molar-refractivity contribution is 4.95. The van der Waals surface area contributed by atoms with Crippen molar-refractivity contribution in [1.29, 1.82) is 0 Å². The van der Waals surface area contributed by atoms with E-state index in [1.54, 1.807) is 0 Å². The highest BCUT2D eigenvalue weighted by Crippen LogP contribution is 2.27. The predicted octanol–water partition coefficient (Wildman–Crippen LogP) is 2.48. The van der Waals surface area contributed by atoms with E-state index >= 15 is 0 Å². The van der Waals surface area contributed by atoms with Gasteiger partial charge in [-0.1, -0.05) is 33.6 Å². The molecule has 2 heteroatoms. The average Bonchev–Trinajstić information content (AvgIpc) is 2.17. The van der Waals surface area contributed by atoms with Crippen molar-refractivity contribution in [2.45, 2.75) is 58.5 Å². The van der Waals surface area contributed by atoms with Gasteiger partial charge in [-0.2, -0.15) is 0 Å². The second-order valence-corrected chi connectivity index (χ2v) is 4.71. The van der Waals surface area contributed by atoms with Gasteiger partial charge in [-0.05, 0) is 33.4 Å². The van der Waals surface area contributed by atoms with Gasteiger partial charge in [0.05, 0.1) is 0 Å². The van der Waals surface area contributed by atoms with Gasteiger partial charge >= 0.3 is 0 Å². The third kappa shape index (κ3) is 2.71. The molecule has 0 aliphatic heterocycles. The first-order valence-electron chi connectivity index (χ1n) is 5.86. The Labute approximate surface area is 89.9 Å². The van der Waals surface area contributed by atoms with Gasteiger partial charge in [-0.3, -0.25) is 0 Å². The van der Waals surface area contributed by atoms with Crippen LogP contribution in [-0.2, 0) is 0 Å². The summed E-state index contributed by atoms with van der Waals surface area (Å²) in [6.07, 6.45) is 3.47. The fraction of sp³-hybridized carbons (Fsp3) is 1.00. The molecule has 0 aromatic carbocycles. The fourth-order valence-corrected chi connectivity index (χ4v) is 2.15. The number of rotatable bonds is 6. The summed E-state index contributed by atoms with van der Waals surface area (Å²) < 4.78 is 0. The SMILES string of the molecule is CCC(CC)C(N)C(C)(CC)N(C)C. The third-order valence-electron chi connectivity index (χ3n) is 4.01. The predicted molar refractivity (Wildman–Crippen MR) is 64.4 cm³/mol. The van der Waals surface area contributed by atoms with Gasteiger partial charge in [0.2, 0.25) is 0 Å². The van der Waals surface area contributed by atoms with Crippen molar-refractivity contribution in [3.63, 3.8) is 0 Å². The van der Waals surface area contributed by atoms with Crippen molar-refractivity contribution < 1.29 is 0 Å². The molecule has 0 aliphatic rings. The van der Waals surface area contributed by atoms with Crippen LogP contribution in [-0.4, -0.2) is 30.6 Å². The molecule has 0 aliphatic carbocycles. The maximum atomic E-state index is 6.39. The second-order valence-electron chi connectivity index (χ2n) is 4.71. The lowest BCUT2D eigenvalue weighted by Gasteiger charge is -2.44. The molecule has 2 N–H and O–H groups in total. The lowest BCUT2D eigenvalue weighted by molar-refractivity contribution is 0.0986. The first-order chi connectivity index (χ1) is 6.43. The summed E-state index contributed by atoms with van der Waals surface area (Å²) in [7, 11) is 4.26. The maximum Gasteiger partial charge on any atom is 0.0326 e. The molecule has 2 unspecified atom stereocenters. The summed E-state index contributed by atoms with van der Waals surface area (Å²) in [5.41, 5.74) is 6.52. The topological polar surface area (TPSA) is 29.3 Å². The summed E-state index contributed by atoms with van der Waals surface area (Å²) in [4.78, 5) is 2.27. The molecule has 0 heterocycles. The van der Waals surface area contributed by atoms with Crippen LogP contribution in [0.1, 0.15) is 47.0 Å². The standard InChI is InChI=1S/C12H28N2/c1-7-10(8-2)11(13)12(4,9-3)14(5)6/h10-11H,7-9,13H2,1-6H3. The zero-order valence-corrected chi connectivity index (χ0v) is 10.8. The molecular formula is C12H28N2. The minimum Gasteiger partial charge on any atom is -0.326 e. The van der Waals surface area contributed by atoms with Crippen LogP contribution >= 0.6 is 0 Å². The molecule has 0 amide bonds. The molecule has 0 bridgehead atoms. The number of nitrogens with zero attached hydrogens (tertiary/aromatic N) is 1. The number of likely N-dealkylation sites (N-methyl/N-ethyl adjacent to an activating group) is 1. The van der Waals surface area contributed by atoms with Crippen LogP contribution in [0.2, 0.25) is 0 Å². The summed E-state index contributed by atoms with van der Waals surface area (Å²) in [6, 6.07) is 0.275. The van der Waals surface area contributed by atoms with E-state index in [9.17, 15) is 0 Å². The number of nitrogens with two attached hydrogens (primary N) is 1. The van der Waals surface area contributed by atoms with Crippen molar-refractivity contribution in [2.24, 2.45) is 11.7 Å². The van der Waals surface area contributed by atoms with Gasteiger partial charge < -0.3 is 10.6 Å². The molecule has 0 aromatic rings. The van der Waals surface area contributed by atoms with E-state index in [1.807, 2.05) is 0 Å². The highest BCUT2D eigenvalue weighted by Gasteiger charge is 2.35. The molecule has 0 aromatic heterocycles. The van der Waals surface area contributed by atoms with E-state index < -0.39 is 0 Å². The summed E-state index contributed by atoms with van der Waals surface area (Å²) in [6.45, 7) is 8.97. The summed E-state index contributed by atoms with van der Waals surface area (Å²) >= 11 is 0. The molecular weight excluding hydrogens is 172 g/mol. The quantitative estimate of drug-likeness (QED) is 0.714. The van der Waals surface area contributed by atoms with Crippen LogP contribution in [0.25, 0.3) is 0 Å². The van der Waals surface area contributed by atoms with Crippen molar-refractivity contribution in [3.05, 3.63) is 0 Å². The Morgan fingerprint density at radius 2 is 1.57 bits per heavy atom. The first-order valence-corrected chi connectivity index (χ1v) is 5.86. The van der Waals surface area contributed by atoms with Gasteiger partial charge in [0.1, 0.15) is 0 Å². The van der Waals surface area contributed by atoms with Crippen LogP contribution in [0.3, 0.4) is 0 Å². The molecule has 0 radical (unpaired) electrons. The molecule has 0 rings (SSSR count). The van der Waals surface area contributed by atoms with E-state index in [0.29, 0.717) is 5.92 Å². The molecule has 86 valence electrons. The van der Waals surface area contributed by atoms with E-state index in [0.717, 1.165) is 6.42 Å². The average molecular weight is 200 g/mol. The Morgan fingerprint density at radius 1 is 1.14 bits per heavy atom. The van der Waals surface area contributed by atoms with Crippen molar-refractivity contribution in [1.82, 2.24) is 4.90 Å². The Bertz CT molecular complexity index is 152. The smallest absolute Gasteiger partial charge is 0.0326 e. The Kier molecular flexibility index (Phi) is 5.68. The first kappa shape index (κ1) is 13.9. The normalized spacial score (nSPS) is 18.6. The Morgan fingerprint density at radius 3 is 1.79 bits per heavy atom. The van der Waals surface area contributed by atoms with Gasteiger partial charge in [0.25, 0.3) is 0 Å². The van der Waals surface area contributed by atoms with Crippen LogP contribution in [0.5, 0.6) is 0 Å². The largest absolute Gasteiger partial charge is 0.326 e. The molecule has 2 atom stereocenters. The van der Waals surface area contributed by atoms with Crippen LogP contribution in [0.4, 0.5) is 0 Å². The maximum absolute atomic E-state index is 6.39. The minimum absolute atomic E-state index is 0.136. The van der Waals surface area contributed by atoms with Crippen LogP contribution < -0.4 is 5.73 Å². The van der Waals surface area contributed by atoms with E-state index in [-0.39, 0.29) is 11.6 Å². The molecule has 0 saturated heterocycles. The van der Waals surface area contributed by atoms with Gasteiger partial charge in [0, 0.05) is 11.6 Å². The van der Waals surface area contributed by atoms with Crippen molar-refractivity contribution in [2.75, 3.05) is 14.1 Å². The molecule has 2 nitrogen and oxygen atoms in total. The summed E-state index contributed by atoms with van der Waals surface area (Å²) in [5.74, 6) is 0.641. The zero-order chi connectivity index (χ0) is 11.4. The lowest BCUT2D eigenvalue weighted by atomic mass is 9.78. The van der Waals surface area contributed by atoms with Gasteiger partial charge in [0.15, 0.2) is 0 Å². The van der Waals surface area contributed by atoms with Crippen molar-refractivity contribution >= 4 is 0 Å². The van der Waals surface area contributed by atoms with Crippen LogP contribution in [0, 0.1) is 5.92 Å². The molecule has 0 spiro atoms. The van der Waals surface area contributed by atoms with E-state index in [4.69, 9.17) is 5.73 Å². The molecule has 14 heavy (non-hydrogen) atoms. The summed E-state index contributed by atoms with van der Waals surface area (Å²) in [5, 5.41) is 0. The monoisotopic (exact) mass is 200 g/mol. The minimum atomic E-state index is 0.136. The van der Waals surface area contributed by atoms with Crippen molar-refractivity contribution in [3.8, 4) is 0 Å². The van der Waals surface area contributed by atoms with Gasteiger partial charge in [-0.25, -0.2) is 0 Å². The second kappa shape index (κ2) is 5.72. The van der Waals surface area contributed by atoms with Gasteiger partial charge in [-0.15, -0.1) is 0 Å². The number of hydrogen-bond acceptors (Lipinski definition) is 2. The Balaban J connectivity index is 4.66. The molecule has 0 fully saturated rings. The number of hydrogen-bond donors (Lipinski definition) is 1. The Hall–Kier alpha value is -0.0800. The zero-order valence-electron chi connectivity index (χ0n) is 10.8. The third-order valence-corrected chi connectivity index (χ3v) is 4.01. The highest BCUT2D eigenvalue weighted by atomic mass is 15.2. The van der Waals surface area contributed by atoms with E-state index in [2.05, 4.69) is 46.7 Å². The lowest BCUT2D eigenvalue weighted by Crippen LogP contribution is -2.57. The molecule has 0 saturated carbocycles. The van der Waals surface area contributed by atoms with E-state index in [1.165, 1.54) is 12.8 Å². The van der Waals surface area contributed by atoms with Crippen LogP contribution in [0.15, 0.2) is 0 Å². The fourth-order valence-electron chi connectivity index (χ4n) is 2.15.